The normalized spacial score (nSPS) is 13.6. The van der Waals surface area contributed by atoms with Crippen LogP contribution in [0.1, 0.15) is 28.8 Å². The maximum absolute atomic E-state index is 11.8. The molecular weight excluding hydrogens is 438 g/mol. The minimum Gasteiger partial charge on any atom is -0.489 e. The fourth-order valence-corrected chi connectivity index (χ4v) is 3.50. The molecule has 0 saturated carbocycles. The van der Waals surface area contributed by atoms with Crippen LogP contribution in [0, 0.1) is 11.3 Å². The third-order valence-electron chi connectivity index (χ3n) is 5.24. The van der Waals surface area contributed by atoms with E-state index in [-0.39, 0.29) is 17.5 Å². The maximum atomic E-state index is 11.8. The summed E-state index contributed by atoms with van der Waals surface area (Å²) < 4.78 is 21.3. The van der Waals surface area contributed by atoms with Gasteiger partial charge in [0.1, 0.15) is 41.4 Å². The van der Waals surface area contributed by atoms with Crippen LogP contribution in [0.4, 0.5) is 11.6 Å². The summed E-state index contributed by atoms with van der Waals surface area (Å²) in [7, 11) is 2.71. The number of rotatable bonds is 7. The van der Waals surface area contributed by atoms with Crippen molar-refractivity contribution >= 4 is 17.6 Å². The van der Waals surface area contributed by atoms with Gasteiger partial charge in [-0.1, -0.05) is 0 Å². The van der Waals surface area contributed by atoms with E-state index < -0.39 is 5.97 Å². The second-order valence-corrected chi connectivity index (χ2v) is 7.41. The Kier molecular flexibility index (Phi) is 7.15. The number of hydrogen-bond donors (Lipinski definition) is 1. The summed E-state index contributed by atoms with van der Waals surface area (Å²) in [6, 6.07) is 12.5. The van der Waals surface area contributed by atoms with E-state index in [1.165, 1.54) is 20.5 Å². The number of methoxy groups -OCH3 is 2. The van der Waals surface area contributed by atoms with Crippen LogP contribution in [-0.2, 0) is 9.47 Å². The summed E-state index contributed by atoms with van der Waals surface area (Å²) in [5.41, 5.74) is 2.01. The standard InChI is InChI=1S/C24H23N5O5/c1-31-23-18(24(30)32-2)4-6-21(29-23)28-22-12-19(26-14-27-22)15-3-5-20(16(11-15)13-25)34-17-7-9-33-10-8-17/h3-6,11-12,14,17H,7-10H2,1-2H3,(H,26,27,28,29). The van der Waals surface area contributed by atoms with E-state index in [0.29, 0.717) is 41.9 Å². The van der Waals surface area contributed by atoms with Crippen molar-refractivity contribution in [3.63, 3.8) is 0 Å². The quantitative estimate of drug-likeness (QED) is 0.522. The molecule has 1 aliphatic rings. The minimum atomic E-state index is -0.544. The predicted molar refractivity (Wildman–Crippen MR) is 122 cm³/mol. The third kappa shape index (κ3) is 5.22. The smallest absolute Gasteiger partial charge is 0.343 e. The van der Waals surface area contributed by atoms with Crippen LogP contribution >= 0.6 is 0 Å². The first-order chi connectivity index (χ1) is 16.6. The van der Waals surface area contributed by atoms with Gasteiger partial charge in [-0.15, -0.1) is 0 Å². The van der Waals surface area contributed by atoms with Gasteiger partial charge in [0.2, 0.25) is 5.88 Å². The molecule has 0 aliphatic carbocycles. The topological polar surface area (TPSA) is 128 Å². The number of carbonyl (C=O) groups is 1. The fraction of sp³-hybridized carbons (Fsp3) is 0.292. The molecule has 10 heteroatoms. The zero-order chi connectivity index (χ0) is 23.9. The van der Waals surface area contributed by atoms with E-state index >= 15 is 0 Å². The number of nitrogens with zero attached hydrogens (tertiary/aromatic N) is 4. The summed E-state index contributed by atoms with van der Waals surface area (Å²) >= 11 is 0. The van der Waals surface area contributed by atoms with Crippen molar-refractivity contribution < 1.29 is 23.7 Å². The average molecular weight is 461 g/mol. The van der Waals surface area contributed by atoms with Crippen molar-refractivity contribution in [2.45, 2.75) is 18.9 Å². The molecule has 34 heavy (non-hydrogen) atoms. The fourth-order valence-electron chi connectivity index (χ4n) is 3.50. The van der Waals surface area contributed by atoms with E-state index in [2.05, 4.69) is 26.3 Å². The molecule has 0 atom stereocenters. The van der Waals surface area contributed by atoms with Crippen LogP contribution in [0.15, 0.2) is 42.7 Å². The van der Waals surface area contributed by atoms with Crippen LogP contribution in [0.2, 0.25) is 0 Å². The highest BCUT2D eigenvalue weighted by Crippen LogP contribution is 2.29. The van der Waals surface area contributed by atoms with E-state index in [1.54, 1.807) is 30.3 Å². The zero-order valence-corrected chi connectivity index (χ0v) is 18.8. The van der Waals surface area contributed by atoms with Gasteiger partial charge in [0.05, 0.1) is 38.7 Å². The van der Waals surface area contributed by atoms with Gasteiger partial charge < -0.3 is 24.3 Å². The summed E-state index contributed by atoms with van der Waals surface area (Å²) in [6.45, 7) is 1.32. The van der Waals surface area contributed by atoms with Crippen molar-refractivity contribution in [2.24, 2.45) is 0 Å². The molecule has 0 bridgehead atoms. The third-order valence-corrected chi connectivity index (χ3v) is 5.24. The molecule has 10 nitrogen and oxygen atoms in total. The maximum Gasteiger partial charge on any atom is 0.343 e. The lowest BCUT2D eigenvalue weighted by Crippen LogP contribution is -2.26. The summed E-state index contributed by atoms with van der Waals surface area (Å²) in [5.74, 6) is 1.04. The molecule has 1 aromatic carbocycles. The lowest BCUT2D eigenvalue weighted by atomic mass is 10.1. The van der Waals surface area contributed by atoms with Crippen LogP contribution < -0.4 is 14.8 Å². The number of esters is 1. The minimum absolute atomic E-state index is 0.0385. The van der Waals surface area contributed by atoms with E-state index in [0.717, 1.165) is 18.4 Å². The molecule has 0 amide bonds. The van der Waals surface area contributed by atoms with Crippen LogP contribution in [0.25, 0.3) is 11.3 Å². The number of aromatic nitrogens is 3. The molecular formula is C24H23N5O5. The zero-order valence-electron chi connectivity index (χ0n) is 18.8. The number of carbonyl (C=O) groups excluding carboxylic acids is 1. The number of anilines is 2. The molecule has 1 N–H and O–H groups in total. The Hall–Kier alpha value is -4.23. The van der Waals surface area contributed by atoms with Crippen LogP contribution in [0.5, 0.6) is 11.6 Å². The van der Waals surface area contributed by atoms with Crippen molar-refractivity contribution in [2.75, 3.05) is 32.8 Å². The van der Waals surface area contributed by atoms with E-state index in [1.807, 2.05) is 6.07 Å². The lowest BCUT2D eigenvalue weighted by molar-refractivity contribution is 0.0254. The van der Waals surface area contributed by atoms with Crippen LogP contribution in [-0.4, -0.2) is 54.5 Å². The van der Waals surface area contributed by atoms with Gasteiger partial charge in [0.15, 0.2) is 0 Å². The van der Waals surface area contributed by atoms with Gasteiger partial charge >= 0.3 is 5.97 Å². The highest BCUT2D eigenvalue weighted by atomic mass is 16.5. The first-order valence-corrected chi connectivity index (χ1v) is 10.6. The molecule has 4 rings (SSSR count). The van der Waals surface area contributed by atoms with Gasteiger partial charge in [-0.05, 0) is 30.3 Å². The molecule has 0 radical (unpaired) electrons. The Labute approximate surface area is 196 Å². The molecule has 3 heterocycles. The molecule has 1 saturated heterocycles. The van der Waals surface area contributed by atoms with Crippen molar-refractivity contribution in [3.05, 3.63) is 53.9 Å². The SMILES string of the molecule is COC(=O)c1ccc(Nc2cc(-c3ccc(OC4CCOCC4)c(C#N)c3)ncn2)nc1OC. The largest absolute Gasteiger partial charge is 0.489 e. The Bertz CT molecular complexity index is 1220. The number of pyridine rings is 1. The summed E-state index contributed by atoms with van der Waals surface area (Å²) in [5, 5.41) is 12.7. The van der Waals surface area contributed by atoms with E-state index in [9.17, 15) is 10.1 Å². The first kappa shape index (κ1) is 22.9. The Balaban J connectivity index is 1.54. The highest BCUT2D eigenvalue weighted by molar-refractivity contribution is 5.92. The molecule has 2 aromatic heterocycles. The Morgan fingerprint density at radius 1 is 1.12 bits per heavy atom. The first-order valence-electron chi connectivity index (χ1n) is 10.6. The van der Waals surface area contributed by atoms with Crippen molar-refractivity contribution in [3.8, 4) is 29.0 Å². The second-order valence-electron chi connectivity index (χ2n) is 7.41. The Morgan fingerprint density at radius 2 is 1.94 bits per heavy atom. The molecule has 1 fully saturated rings. The summed E-state index contributed by atoms with van der Waals surface area (Å²) in [4.78, 5) is 24.7. The molecule has 1 aliphatic heterocycles. The van der Waals surface area contributed by atoms with Gasteiger partial charge in [-0.2, -0.15) is 10.2 Å². The van der Waals surface area contributed by atoms with E-state index in [4.69, 9.17) is 18.9 Å². The van der Waals surface area contributed by atoms with Crippen molar-refractivity contribution in [1.29, 1.82) is 5.26 Å². The predicted octanol–water partition coefficient (Wildman–Crippen LogP) is 3.51. The van der Waals surface area contributed by atoms with Crippen molar-refractivity contribution in [1.82, 2.24) is 15.0 Å². The highest BCUT2D eigenvalue weighted by Gasteiger charge is 2.18. The van der Waals surface area contributed by atoms with Gasteiger partial charge in [-0.25, -0.2) is 14.8 Å². The van der Waals surface area contributed by atoms with Crippen LogP contribution in [0.3, 0.4) is 0 Å². The molecule has 174 valence electrons. The second kappa shape index (κ2) is 10.6. The Morgan fingerprint density at radius 3 is 2.68 bits per heavy atom. The number of ether oxygens (including phenoxy) is 4. The lowest BCUT2D eigenvalue weighted by Gasteiger charge is -2.23. The number of benzene rings is 1. The number of nitriles is 1. The molecule has 0 spiro atoms. The van der Waals surface area contributed by atoms with Gasteiger partial charge in [-0.3, -0.25) is 0 Å². The molecule has 3 aromatic rings. The van der Waals surface area contributed by atoms with Gasteiger partial charge in [0.25, 0.3) is 0 Å². The molecule has 0 unspecified atom stereocenters. The van der Waals surface area contributed by atoms with Gasteiger partial charge in [0, 0.05) is 24.5 Å². The summed E-state index contributed by atoms with van der Waals surface area (Å²) in [6.07, 6.45) is 3.05. The number of nitrogens with one attached hydrogen (secondary N) is 1. The number of hydrogen-bond acceptors (Lipinski definition) is 10. The average Bonchev–Trinajstić information content (AvgIpc) is 2.89. The monoisotopic (exact) mass is 461 g/mol.